The number of nitrogens with zero attached hydrogens (tertiary/aromatic N) is 2. The van der Waals surface area contributed by atoms with Gasteiger partial charge in [0, 0.05) is 31.0 Å². The molecule has 0 atom stereocenters. The number of aromatic nitrogens is 2. The Labute approximate surface area is 90.4 Å². The van der Waals surface area contributed by atoms with Crippen LogP contribution in [-0.4, -0.2) is 29.7 Å². The van der Waals surface area contributed by atoms with Gasteiger partial charge < -0.3 is 10.1 Å². The first-order valence-corrected chi connectivity index (χ1v) is 5.06. The van der Waals surface area contributed by atoms with Gasteiger partial charge in [0.15, 0.2) is 0 Å². The number of ether oxygens (including phenoxy) is 1. The first kappa shape index (κ1) is 11.8. The van der Waals surface area contributed by atoms with Crippen molar-refractivity contribution >= 4 is 0 Å². The van der Waals surface area contributed by atoms with Gasteiger partial charge in [-0.15, -0.1) is 6.58 Å². The van der Waals surface area contributed by atoms with Crippen molar-refractivity contribution in [1.29, 1.82) is 0 Å². The van der Waals surface area contributed by atoms with E-state index in [9.17, 15) is 0 Å². The molecule has 0 bridgehead atoms. The van der Waals surface area contributed by atoms with Gasteiger partial charge in [0.1, 0.15) is 6.33 Å². The van der Waals surface area contributed by atoms with E-state index in [-0.39, 0.29) is 0 Å². The van der Waals surface area contributed by atoms with Crippen LogP contribution in [0.3, 0.4) is 0 Å². The van der Waals surface area contributed by atoms with Crippen LogP contribution in [0.2, 0.25) is 0 Å². The van der Waals surface area contributed by atoms with E-state index in [4.69, 9.17) is 4.74 Å². The summed E-state index contributed by atoms with van der Waals surface area (Å²) in [5, 5.41) is 3.25. The van der Waals surface area contributed by atoms with E-state index in [0.717, 1.165) is 38.3 Å². The van der Waals surface area contributed by atoms with Crippen molar-refractivity contribution in [3.05, 3.63) is 36.9 Å². The van der Waals surface area contributed by atoms with Gasteiger partial charge >= 0.3 is 0 Å². The van der Waals surface area contributed by atoms with Gasteiger partial charge in [0.05, 0.1) is 13.2 Å². The second-order valence-electron chi connectivity index (χ2n) is 3.11. The summed E-state index contributed by atoms with van der Waals surface area (Å²) in [5.41, 5.74) is 1.09. The molecule has 0 aliphatic carbocycles. The molecule has 82 valence electrons. The Morgan fingerprint density at radius 3 is 2.87 bits per heavy atom. The molecule has 0 aliphatic heterocycles. The van der Waals surface area contributed by atoms with E-state index in [1.807, 2.05) is 6.08 Å². The van der Waals surface area contributed by atoms with Crippen LogP contribution in [0, 0.1) is 0 Å². The molecule has 0 saturated heterocycles. The second-order valence-corrected chi connectivity index (χ2v) is 3.11. The van der Waals surface area contributed by atoms with E-state index in [1.54, 1.807) is 12.4 Å². The van der Waals surface area contributed by atoms with Crippen molar-refractivity contribution in [2.24, 2.45) is 0 Å². The molecule has 0 saturated carbocycles. The maximum absolute atomic E-state index is 5.35. The third kappa shape index (κ3) is 5.93. The lowest BCUT2D eigenvalue weighted by atomic mass is 10.3. The molecule has 1 aromatic heterocycles. The van der Waals surface area contributed by atoms with Crippen molar-refractivity contribution < 1.29 is 4.74 Å². The third-order valence-corrected chi connectivity index (χ3v) is 1.83. The van der Waals surface area contributed by atoms with Crippen LogP contribution in [0.25, 0.3) is 0 Å². The smallest absolute Gasteiger partial charge is 0.115 e. The zero-order valence-corrected chi connectivity index (χ0v) is 8.85. The Kier molecular flexibility index (Phi) is 6.36. The largest absolute Gasteiger partial charge is 0.380 e. The highest BCUT2D eigenvalue weighted by Crippen LogP contribution is 1.90. The maximum Gasteiger partial charge on any atom is 0.115 e. The Morgan fingerprint density at radius 2 is 2.13 bits per heavy atom. The van der Waals surface area contributed by atoms with Crippen LogP contribution < -0.4 is 5.32 Å². The van der Waals surface area contributed by atoms with Crippen molar-refractivity contribution in [2.75, 3.05) is 19.8 Å². The molecule has 0 fully saturated rings. The van der Waals surface area contributed by atoms with E-state index in [1.165, 1.54) is 6.33 Å². The fraction of sp³-hybridized carbons (Fsp3) is 0.455. The van der Waals surface area contributed by atoms with Gasteiger partial charge in [0.25, 0.3) is 0 Å². The SMILES string of the molecule is C=CCCOCCNCc1cncnc1. The molecule has 4 nitrogen and oxygen atoms in total. The zero-order chi connectivity index (χ0) is 10.8. The van der Waals surface area contributed by atoms with Gasteiger partial charge in [-0.1, -0.05) is 6.08 Å². The van der Waals surface area contributed by atoms with Crippen molar-refractivity contribution in [2.45, 2.75) is 13.0 Å². The standard InChI is InChI=1S/C11H17N3O/c1-2-3-5-15-6-4-12-7-11-8-13-10-14-9-11/h2,8-10,12H,1,3-7H2. The van der Waals surface area contributed by atoms with Crippen LogP contribution in [0.4, 0.5) is 0 Å². The van der Waals surface area contributed by atoms with Crippen LogP contribution in [0.5, 0.6) is 0 Å². The molecule has 0 radical (unpaired) electrons. The monoisotopic (exact) mass is 207 g/mol. The molecular weight excluding hydrogens is 190 g/mol. The van der Waals surface area contributed by atoms with Gasteiger partial charge in [-0.25, -0.2) is 9.97 Å². The molecule has 1 heterocycles. The van der Waals surface area contributed by atoms with Crippen LogP contribution in [0.15, 0.2) is 31.4 Å². The summed E-state index contributed by atoms with van der Waals surface area (Å²) in [6, 6.07) is 0. The molecule has 0 amide bonds. The second kappa shape index (κ2) is 8.08. The number of nitrogens with one attached hydrogen (secondary N) is 1. The average Bonchev–Trinajstić information content (AvgIpc) is 2.29. The summed E-state index contributed by atoms with van der Waals surface area (Å²) in [4.78, 5) is 7.86. The first-order chi connectivity index (χ1) is 7.43. The molecule has 15 heavy (non-hydrogen) atoms. The van der Waals surface area contributed by atoms with Crippen LogP contribution in [-0.2, 0) is 11.3 Å². The van der Waals surface area contributed by atoms with E-state index in [0.29, 0.717) is 0 Å². The lowest BCUT2D eigenvalue weighted by molar-refractivity contribution is 0.140. The Bertz CT molecular complexity index is 264. The Hall–Kier alpha value is -1.26. The van der Waals surface area contributed by atoms with Gasteiger partial charge in [0.2, 0.25) is 0 Å². The molecule has 1 rings (SSSR count). The van der Waals surface area contributed by atoms with E-state index >= 15 is 0 Å². The molecule has 0 spiro atoms. The normalized spacial score (nSPS) is 10.1. The summed E-state index contributed by atoms with van der Waals surface area (Å²) < 4.78 is 5.35. The minimum Gasteiger partial charge on any atom is -0.380 e. The lowest BCUT2D eigenvalue weighted by Crippen LogP contribution is -2.19. The summed E-state index contributed by atoms with van der Waals surface area (Å²) in [7, 11) is 0. The van der Waals surface area contributed by atoms with Gasteiger partial charge in [-0.3, -0.25) is 0 Å². The van der Waals surface area contributed by atoms with E-state index < -0.39 is 0 Å². The highest BCUT2D eigenvalue weighted by atomic mass is 16.5. The summed E-state index contributed by atoms with van der Waals surface area (Å²) in [5.74, 6) is 0. The van der Waals surface area contributed by atoms with Gasteiger partial charge in [-0.05, 0) is 6.42 Å². The quantitative estimate of drug-likeness (QED) is 0.513. The predicted molar refractivity (Wildman–Crippen MR) is 59.4 cm³/mol. The predicted octanol–water partition coefficient (Wildman–Crippen LogP) is 1.16. The minimum absolute atomic E-state index is 0.724. The number of rotatable bonds is 8. The Morgan fingerprint density at radius 1 is 1.33 bits per heavy atom. The van der Waals surface area contributed by atoms with Gasteiger partial charge in [-0.2, -0.15) is 0 Å². The fourth-order valence-corrected chi connectivity index (χ4v) is 1.07. The zero-order valence-electron chi connectivity index (χ0n) is 8.85. The average molecular weight is 207 g/mol. The molecular formula is C11H17N3O. The van der Waals surface area contributed by atoms with E-state index in [2.05, 4.69) is 21.9 Å². The summed E-state index contributed by atoms with van der Waals surface area (Å²) in [6.07, 6.45) is 7.90. The topological polar surface area (TPSA) is 47.0 Å². The van der Waals surface area contributed by atoms with Crippen molar-refractivity contribution in [1.82, 2.24) is 15.3 Å². The first-order valence-electron chi connectivity index (χ1n) is 5.06. The maximum atomic E-state index is 5.35. The lowest BCUT2D eigenvalue weighted by Gasteiger charge is -2.04. The van der Waals surface area contributed by atoms with Crippen molar-refractivity contribution in [3.8, 4) is 0 Å². The number of hydrogen-bond donors (Lipinski definition) is 1. The molecule has 0 aromatic carbocycles. The molecule has 1 N–H and O–H groups in total. The molecule has 1 aromatic rings. The minimum atomic E-state index is 0.724. The summed E-state index contributed by atoms with van der Waals surface area (Å²) in [6.45, 7) is 6.72. The molecule has 0 unspecified atom stereocenters. The van der Waals surface area contributed by atoms with Crippen LogP contribution in [0.1, 0.15) is 12.0 Å². The third-order valence-electron chi connectivity index (χ3n) is 1.83. The van der Waals surface area contributed by atoms with Crippen molar-refractivity contribution in [3.63, 3.8) is 0 Å². The Balaban J connectivity index is 1.95. The number of hydrogen-bond acceptors (Lipinski definition) is 4. The highest BCUT2D eigenvalue weighted by Gasteiger charge is 1.91. The highest BCUT2D eigenvalue weighted by molar-refractivity contribution is 5.01. The summed E-state index contributed by atoms with van der Waals surface area (Å²) >= 11 is 0. The molecule has 4 heteroatoms. The fourth-order valence-electron chi connectivity index (χ4n) is 1.07. The molecule has 0 aliphatic rings. The van der Waals surface area contributed by atoms with Crippen LogP contribution >= 0.6 is 0 Å².